The zero-order valence-corrected chi connectivity index (χ0v) is 11.1. The first kappa shape index (κ1) is 12.4. The Morgan fingerprint density at radius 2 is 2.24 bits per heavy atom. The van der Waals surface area contributed by atoms with Gasteiger partial charge in [0, 0.05) is 18.8 Å². The van der Waals surface area contributed by atoms with Crippen molar-refractivity contribution in [2.45, 2.75) is 44.7 Å². The van der Waals surface area contributed by atoms with Crippen LogP contribution in [0.2, 0.25) is 0 Å². The van der Waals surface area contributed by atoms with E-state index >= 15 is 0 Å². The standard InChI is InChI=1S/C10H18N4O2S/c1-4-14-6-7(9(11)12-14)17(15,16)13-8-5-10(8,2)3/h6,8,13H,4-5H2,1-3H3,(H2,11,12). The first-order chi connectivity index (χ1) is 7.76. The summed E-state index contributed by atoms with van der Waals surface area (Å²) >= 11 is 0. The molecule has 17 heavy (non-hydrogen) atoms. The number of anilines is 1. The molecule has 1 aromatic rings. The highest BCUT2D eigenvalue weighted by Crippen LogP contribution is 2.45. The molecule has 1 atom stereocenters. The van der Waals surface area contributed by atoms with E-state index in [1.165, 1.54) is 10.9 Å². The molecule has 1 saturated carbocycles. The maximum atomic E-state index is 12.1. The molecule has 96 valence electrons. The zero-order chi connectivity index (χ0) is 12.8. The van der Waals surface area contributed by atoms with Gasteiger partial charge >= 0.3 is 0 Å². The van der Waals surface area contributed by atoms with Gasteiger partial charge in [-0.2, -0.15) is 5.10 Å². The fraction of sp³-hybridized carbons (Fsp3) is 0.700. The molecule has 1 aliphatic rings. The Morgan fingerprint density at radius 3 is 2.65 bits per heavy atom. The van der Waals surface area contributed by atoms with Crippen LogP contribution in [0.25, 0.3) is 0 Å². The highest BCUT2D eigenvalue weighted by atomic mass is 32.2. The number of nitrogens with two attached hydrogens (primary N) is 1. The van der Waals surface area contributed by atoms with Crippen molar-refractivity contribution in [3.8, 4) is 0 Å². The Labute approximate surface area is 101 Å². The first-order valence-corrected chi connectivity index (χ1v) is 7.10. The molecule has 1 aliphatic carbocycles. The third-order valence-electron chi connectivity index (χ3n) is 3.18. The highest BCUT2D eigenvalue weighted by Gasteiger charge is 2.48. The predicted molar refractivity (Wildman–Crippen MR) is 64.8 cm³/mol. The quantitative estimate of drug-likeness (QED) is 0.825. The number of nitrogen functional groups attached to an aromatic ring is 1. The smallest absolute Gasteiger partial charge is 0.246 e. The molecule has 2 rings (SSSR count). The van der Waals surface area contributed by atoms with Gasteiger partial charge in [-0.05, 0) is 18.8 Å². The van der Waals surface area contributed by atoms with Crippen LogP contribution in [0.3, 0.4) is 0 Å². The fourth-order valence-electron chi connectivity index (χ4n) is 1.71. The van der Waals surface area contributed by atoms with Crippen molar-refractivity contribution >= 4 is 15.8 Å². The Kier molecular flexibility index (Phi) is 2.70. The van der Waals surface area contributed by atoms with Crippen molar-refractivity contribution in [1.82, 2.24) is 14.5 Å². The van der Waals surface area contributed by atoms with E-state index in [4.69, 9.17) is 5.73 Å². The summed E-state index contributed by atoms with van der Waals surface area (Å²) in [6, 6.07) is -0.00289. The van der Waals surface area contributed by atoms with Gasteiger partial charge in [-0.1, -0.05) is 13.8 Å². The summed E-state index contributed by atoms with van der Waals surface area (Å²) in [6.45, 7) is 6.52. The lowest BCUT2D eigenvalue weighted by Gasteiger charge is -2.06. The molecule has 0 radical (unpaired) electrons. The van der Waals surface area contributed by atoms with E-state index in [2.05, 4.69) is 9.82 Å². The lowest BCUT2D eigenvalue weighted by Crippen LogP contribution is -2.28. The average Bonchev–Trinajstić information content (AvgIpc) is 2.62. The molecule has 0 amide bonds. The van der Waals surface area contributed by atoms with Crippen LogP contribution in [0.4, 0.5) is 5.82 Å². The summed E-state index contributed by atoms with van der Waals surface area (Å²) < 4.78 is 28.3. The van der Waals surface area contributed by atoms with Crippen LogP contribution in [-0.2, 0) is 16.6 Å². The van der Waals surface area contributed by atoms with E-state index in [-0.39, 0.29) is 22.2 Å². The number of nitrogens with one attached hydrogen (secondary N) is 1. The van der Waals surface area contributed by atoms with Gasteiger partial charge in [-0.25, -0.2) is 13.1 Å². The van der Waals surface area contributed by atoms with Crippen molar-refractivity contribution in [3.63, 3.8) is 0 Å². The number of sulfonamides is 1. The molecular formula is C10H18N4O2S. The topological polar surface area (TPSA) is 90.0 Å². The molecule has 1 aromatic heterocycles. The van der Waals surface area contributed by atoms with E-state index in [9.17, 15) is 8.42 Å². The van der Waals surface area contributed by atoms with Crippen LogP contribution in [0, 0.1) is 5.41 Å². The van der Waals surface area contributed by atoms with Gasteiger partial charge in [-0.15, -0.1) is 0 Å². The molecule has 6 nitrogen and oxygen atoms in total. The van der Waals surface area contributed by atoms with Crippen molar-refractivity contribution in [1.29, 1.82) is 0 Å². The second-order valence-electron chi connectivity index (χ2n) is 5.10. The van der Waals surface area contributed by atoms with Gasteiger partial charge < -0.3 is 5.73 Å². The van der Waals surface area contributed by atoms with Crippen molar-refractivity contribution < 1.29 is 8.42 Å². The summed E-state index contributed by atoms with van der Waals surface area (Å²) in [6.07, 6.45) is 2.32. The highest BCUT2D eigenvalue weighted by molar-refractivity contribution is 7.89. The van der Waals surface area contributed by atoms with Crippen LogP contribution in [0.5, 0.6) is 0 Å². The maximum absolute atomic E-state index is 12.1. The molecule has 3 N–H and O–H groups in total. The van der Waals surface area contributed by atoms with Gasteiger partial charge in [0.15, 0.2) is 5.82 Å². The second kappa shape index (κ2) is 3.71. The molecular weight excluding hydrogens is 240 g/mol. The van der Waals surface area contributed by atoms with Gasteiger partial charge in [0.05, 0.1) is 0 Å². The SMILES string of the molecule is CCn1cc(S(=O)(=O)NC2CC2(C)C)c(N)n1. The molecule has 0 spiro atoms. The fourth-order valence-corrected chi connectivity index (χ4v) is 3.19. The Balaban J connectivity index is 2.23. The van der Waals surface area contributed by atoms with Crippen LogP contribution < -0.4 is 10.5 Å². The molecule has 0 aromatic carbocycles. The predicted octanol–water partition coefficient (Wildman–Crippen LogP) is 0.562. The van der Waals surface area contributed by atoms with E-state index in [1.807, 2.05) is 20.8 Å². The number of nitrogens with zero attached hydrogens (tertiary/aromatic N) is 2. The zero-order valence-electron chi connectivity index (χ0n) is 10.3. The Hall–Kier alpha value is -1.08. The molecule has 1 fully saturated rings. The lowest BCUT2D eigenvalue weighted by atomic mass is 10.2. The van der Waals surface area contributed by atoms with Crippen molar-refractivity contribution in [2.24, 2.45) is 5.41 Å². The Morgan fingerprint density at radius 1 is 1.65 bits per heavy atom. The number of hydrogen-bond acceptors (Lipinski definition) is 4. The lowest BCUT2D eigenvalue weighted by molar-refractivity contribution is 0.555. The third kappa shape index (κ3) is 2.30. The number of hydrogen-bond donors (Lipinski definition) is 2. The second-order valence-corrected chi connectivity index (χ2v) is 6.78. The van der Waals surface area contributed by atoms with Crippen LogP contribution >= 0.6 is 0 Å². The number of rotatable bonds is 4. The molecule has 0 aliphatic heterocycles. The largest absolute Gasteiger partial charge is 0.381 e. The van der Waals surface area contributed by atoms with Crippen LogP contribution in [0.15, 0.2) is 11.1 Å². The van der Waals surface area contributed by atoms with E-state index in [1.54, 1.807) is 0 Å². The van der Waals surface area contributed by atoms with E-state index in [0.29, 0.717) is 6.54 Å². The summed E-state index contributed by atoms with van der Waals surface area (Å²) in [5.74, 6) is 0.0535. The molecule has 7 heteroatoms. The van der Waals surface area contributed by atoms with Crippen molar-refractivity contribution in [3.05, 3.63) is 6.20 Å². The molecule has 1 unspecified atom stereocenters. The summed E-state index contributed by atoms with van der Waals surface area (Å²) in [4.78, 5) is 0.0713. The minimum absolute atomic E-state index is 0.00289. The van der Waals surface area contributed by atoms with E-state index < -0.39 is 10.0 Å². The minimum atomic E-state index is -3.55. The van der Waals surface area contributed by atoms with Gasteiger partial charge in [0.25, 0.3) is 0 Å². The van der Waals surface area contributed by atoms with Crippen LogP contribution in [0.1, 0.15) is 27.2 Å². The van der Waals surface area contributed by atoms with Gasteiger partial charge in [0.2, 0.25) is 10.0 Å². The summed E-state index contributed by atoms with van der Waals surface area (Å²) in [5.41, 5.74) is 5.66. The average molecular weight is 258 g/mol. The maximum Gasteiger partial charge on any atom is 0.246 e. The summed E-state index contributed by atoms with van der Waals surface area (Å²) in [7, 11) is -3.55. The minimum Gasteiger partial charge on any atom is -0.381 e. The summed E-state index contributed by atoms with van der Waals surface area (Å²) in [5, 5.41) is 3.93. The van der Waals surface area contributed by atoms with Crippen LogP contribution in [-0.4, -0.2) is 24.2 Å². The van der Waals surface area contributed by atoms with Crippen molar-refractivity contribution in [2.75, 3.05) is 5.73 Å². The molecule has 1 heterocycles. The molecule has 0 saturated heterocycles. The monoisotopic (exact) mass is 258 g/mol. The van der Waals surface area contributed by atoms with E-state index in [0.717, 1.165) is 6.42 Å². The third-order valence-corrected chi connectivity index (χ3v) is 4.67. The number of aromatic nitrogens is 2. The molecule has 0 bridgehead atoms. The Bertz CT molecular complexity index is 533. The first-order valence-electron chi connectivity index (χ1n) is 5.61. The van der Waals surface area contributed by atoms with Gasteiger partial charge in [-0.3, -0.25) is 4.68 Å². The van der Waals surface area contributed by atoms with Gasteiger partial charge in [0.1, 0.15) is 4.90 Å². The number of aryl methyl sites for hydroxylation is 1. The normalized spacial score (nSPS) is 22.6.